The van der Waals surface area contributed by atoms with E-state index in [0.29, 0.717) is 12.2 Å². The number of aryl methyl sites for hydroxylation is 2. The zero-order chi connectivity index (χ0) is 34.1. The first-order valence-electron chi connectivity index (χ1n) is 15.5. The van der Waals surface area contributed by atoms with Crippen LogP contribution in [-0.2, 0) is 32.6 Å². The van der Waals surface area contributed by atoms with Crippen LogP contribution in [0.1, 0.15) is 42.5 Å². The molecule has 1 N–H and O–H groups in total. The number of amides is 2. The molecule has 8 nitrogen and oxygen atoms in total. The number of anilines is 1. The van der Waals surface area contributed by atoms with Crippen LogP contribution in [0.3, 0.4) is 0 Å². The molecule has 0 bridgehead atoms. The lowest BCUT2D eigenvalue weighted by Crippen LogP contribution is -2.54. The van der Waals surface area contributed by atoms with Crippen molar-refractivity contribution in [1.29, 1.82) is 0 Å². The van der Waals surface area contributed by atoms with E-state index < -0.39 is 28.5 Å². The number of sulfonamides is 1. The van der Waals surface area contributed by atoms with Gasteiger partial charge in [-0.15, -0.1) is 0 Å². The monoisotopic (exact) mass is 719 g/mol. The molecule has 4 aromatic rings. The van der Waals surface area contributed by atoms with Crippen LogP contribution in [0.15, 0.2) is 106 Å². The molecule has 0 aliphatic rings. The second kappa shape index (κ2) is 16.1. The molecule has 0 heterocycles. The number of halogens is 1. The highest BCUT2D eigenvalue weighted by atomic mass is 79.9. The van der Waals surface area contributed by atoms with Gasteiger partial charge in [0.25, 0.3) is 10.0 Å². The van der Waals surface area contributed by atoms with Crippen molar-refractivity contribution >= 4 is 43.5 Å². The van der Waals surface area contributed by atoms with Crippen LogP contribution in [0.25, 0.3) is 0 Å². The highest BCUT2D eigenvalue weighted by molar-refractivity contribution is 9.10. The minimum Gasteiger partial charge on any atom is -0.495 e. The zero-order valence-electron chi connectivity index (χ0n) is 27.4. The number of rotatable bonds is 14. The van der Waals surface area contributed by atoms with E-state index in [-0.39, 0.29) is 35.5 Å². The van der Waals surface area contributed by atoms with Crippen molar-refractivity contribution in [3.8, 4) is 5.75 Å². The molecule has 0 fully saturated rings. The van der Waals surface area contributed by atoms with Gasteiger partial charge in [-0.3, -0.25) is 13.9 Å². The van der Waals surface area contributed by atoms with E-state index in [2.05, 4.69) is 21.2 Å². The maximum absolute atomic E-state index is 14.7. The molecule has 0 spiro atoms. The number of ether oxygens (including phenoxy) is 1. The summed E-state index contributed by atoms with van der Waals surface area (Å²) < 4.78 is 36.3. The molecular weight excluding hydrogens is 678 g/mol. The Bertz CT molecular complexity index is 1780. The summed E-state index contributed by atoms with van der Waals surface area (Å²) in [4.78, 5) is 30.2. The number of hydrogen-bond donors (Lipinski definition) is 1. The Balaban J connectivity index is 1.86. The van der Waals surface area contributed by atoms with Gasteiger partial charge >= 0.3 is 0 Å². The number of nitrogens with zero attached hydrogens (tertiary/aromatic N) is 2. The van der Waals surface area contributed by atoms with Crippen molar-refractivity contribution in [1.82, 2.24) is 10.2 Å². The fraction of sp³-hybridized carbons (Fsp3) is 0.297. The Labute approximate surface area is 286 Å². The van der Waals surface area contributed by atoms with Gasteiger partial charge in [0.1, 0.15) is 18.3 Å². The van der Waals surface area contributed by atoms with Crippen LogP contribution in [0.4, 0.5) is 5.69 Å². The lowest BCUT2D eigenvalue weighted by molar-refractivity contribution is -0.140. The third-order valence-electron chi connectivity index (χ3n) is 8.00. The van der Waals surface area contributed by atoms with Crippen LogP contribution >= 0.6 is 15.9 Å². The zero-order valence-corrected chi connectivity index (χ0v) is 29.8. The number of carbonyl (C=O) groups excluding carboxylic acids is 2. The van der Waals surface area contributed by atoms with Gasteiger partial charge in [0, 0.05) is 23.5 Å². The second-order valence-corrected chi connectivity index (χ2v) is 14.5. The van der Waals surface area contributed by atoms with Crippen molar-refractivity contribution in [3.05, 3.63) is 124 Å². The minimum absolute atomic E-state index is 0.0355. The van der Waals surface area contributed by atoms with Crippen LogP contribution in [0, 0.1) is 13.8 Å². The SMILES string of the molecule is CC[C@H](C)NC(=O)[C@@H](Cc1ccccc1)N(Cc1cccc(Br)c1)C(=O)CN(c1cc(C)ccc1OC)S(=O)(=O)c1ccc(C)cc1. The Hall–Kier alpha value is -4.15. The van der Waals surface area contributed by atoms with Gasteiger partial charge in [0.05, 0.1) is 17.7 Å². The molecule has 10 heteroatoms. The third-order valence-corrected chi connectivity index (χ3v) is 10.3. The normalized spacial score (nSPS) is 12.6. The van der Waals surface area contributed by atoms with Gasteiger partial charge < -0.3 is 15.0 Å². The lowest BCUT2D eigenvalue weighted by Gasteiger charge is -2.34. The summed E-state index contributed by atoms with van der Waals surface area (Å²) in [6, 6.07) is 27.6. The first-order chi connectivity index (χ1) is 22.4. The van der Waals surface area contributed by atoms with Crippen LogP contribution in [0.2, 0.25) is 0 Å². The number of carbonyl (C=O) groups is 2. The molecule has 248 valence electrons. The van der Waals surface area contributed by atoms with Crippen LogP contribution in [-0.4, -0.2) is 50.9 Å². The van der Waals surface area contributed by atoms with Gasteiger partial charge in [0.2, 0.25) is 11.8 Å². The molecule has 0 aliphatic carbocycles. The standard InChI is InChI=1S/C37H42BrN3O5S/c1-6-28(4)39-37(43)34(23-29-11-8-7-9-12-29)40(24-30-13-10-14-31(38)22-30)36(42)25-41(33-21-27(3)17-20-35(33)46-5)47(44,45)32-18-15-26(2)16-19-32/h7-22,28,34H,6,23-25H2,1-5H3,(H,39,43)/t28-,34+/m0/s1. The number of hydrogen-bond acceptors (Lipinski definition) is 5. The van der Waals surface area contributed by atoms with Crippen molar-refractivity contribution in [3.63, 3.8) is 0 Å². The summed E-state index contributed by atoms with van der Waals surface area (Å²) in [6.07, 6.45) is 0.945. The van der Waals surface area contributed by atoms with E-state index in [1.54, 1.807) is 24.3 Å². The minimum atomic E-state index is -4.26. The second-order valence-electron chi connectivity index (χ2n) is 11.7. The molecule has 0 saturated carbocycles. The molecule has 4 aromatic carbocycles. The van der Waals surface area contributed by atoms with Gasteiger partial charge in [0.15, 0.2) is 0 Å². The van der Waals surface area contributed by atoms with Gasteiger partial charge in [-0.2, -0.15) is 0 Å². The Morgan fingerprint density at radius 1 is 0.872 bits per heavy atom. The van der Waals surface area contributed by atoms with Crippen LogP contribution in [0.5, 0.6) is 5.75 Å². The average molecular weight is 721 g/mol. The van der Waals surface area contributed by atoms with E-state index in [9.17, 15) is 18.0 Å². The number of methoxy groups -OCH3 is 1. The topological polar surface area (TPSA) is 96.0 Å². The summed E-state index contributed by atoms with van der Waals surface area (Å²) in [5.74, 6) is -0.551. The smallest absolute Gasteiger partial charge is 0.264 e. The highest BCUT2D eigenvalue weighted by Gasteiger charge is 2.36. The van der Waals surface area contributed by atoms with Gasteiger partial charge in [-0.1, -0.05) is 89.1 Å². The molecule has 4 rings (SSSR count). The molecule has 0 aliphatic heterocycles. The van der Waals surface area contributed by atoms with E-state index in [4.69, 9.17) is 4.74 Å². The highest BCUT2D eigenvalue weighted by Crippen LogP contribution is 2.34. The van der Waals surface area contributed by atoms with Crippen LogP contribution < -0.4 is 14.4 Å². The largest absolute Gasteiger partial charge is 0.495 e. The molecule has 2 amide bonds. The van der Waals surface area contributed by atoms with Crippen molar-refractivity contribution in [2.75, 3.05) is 18.0 Å². The Morgan fingerprint density at radius 2 is 1.53 bits per heavy atom. The van der Waals surface area contributed by atoms with Crippen molar-refractivity contribution in [2.24, 2.45) is 0 Å². The predicted octanol–water partition coefficient (Wildman–Crippen LogP) is 6.82. The molecule has 0 radical (unpaired) electrons. The van der Waals surface area contributed by atoms with E-state index in [0.717, 1.165) is 31.0 Å². The van der Waals surface area contributed by atoms with E-state index >= 15 is 0 Å². The molecule has 47 heavy (non-hydrogen) atoms. The quantitative estimate of drug-likeness (QED) is 0.154. The fourth-order valence-electron chi connectivity index (χ4n) is 5.17. The fourth-order valence-corrected chi connectivity index (χ4v) is 7.04. The van der Waals surface area contributed by atoms with Crippen molar-refractivity contribution in [2.45, 2.75) is 64.1 Å². The summed E-state index contributed by atoms with van der Waals surface area (Å²) in [7, 11) is -2.80. The number of nitrogens with one attached hydrogen (secondary N) is 1. The maximum atomic E-state index is 14.7. The summed E-state index contributed by atoms with van der Waals surface area (Å²) in [6.45, 7) is 7.12. The summed E-state index contributed by atoms with van der Waals surface area (Å²) in [5.41, 5.74) is 3.57. The van der Waals surface area contributed by atoms with E-state index in [1.165, 1.54) is 24.1 Å². The third kappa shape index (κ3) is 9.23. The maximum Gasteiger partial charge on any atom is 0.264 e. The lowest BCUT2D eigenvalue weighted by atomic mass is 10.0. The van der Waals surface area contributed by atoms with Gasteiger partial charge in [-0.05, 0) is 80.3 Å². The average Bonchev–Trinajstić information content (AvgIpc) is 3.05. The first kappa shape index (κ1) is 35.7. The molecule has 0 aromatic heterocycles. The molecule has 0 unspecified atom stereocenters. The van der Waals surface area contributed by atoms with Gasteiger partial charge in [-0.25, -0.2) is 8.42 Å². The Morgan fingerprint density at radius 3 is 2.17 bits per heavy atom. The van der Waals surface area contributed by atoms with E-state index in [1.807, 2.05) is 88.4 Å². The summed E-state index contributed by atoms with van der Waals surface area (Å²) >= 11 is 3.52. The Kier molecular flexibility index (Phi) is 12.2. The summed E-state index contributed by atoms with van der Waals surface area (Å²) in [5, 5.41) is 3.06. The molecule has 2 atom stereocenters. The molecular formula is C37H42BrN3O5S. The van der Waals surface area contributed by atoms with Crippen molar-refractivity contribution < 1.29 is 22.7 Å². The predicted molar refractivity (Wildman–Crippen MR) is 190 cm³/mol. The molecule has 0 saturated heterocycles. The number of benzene rings is 4. The first-order valence-corrected chi connectivity index (χ1v) is 17.8.